The van der Waals surface area contributed by atoms with Crippen LogP contribution in [0.2, 0.25) is 0 Å². The molecule has 4 aromatic rings. The third kappa shape index (κ3) is 3.28. The van der Waals surface area contributed by atoms with Gasteiger partial charge in [-0.2, -0.15) is 5.10 Å². The van der Waals surface area contributed by atoms with Crippen LogP contribution in [-0.2, 0) is 11.3 Å². The second-order valence-corrected chi connectivity index (χ2v) is 6.64. The van der Waals surface area contributed by atoms with Gasteiger partial charge < -0.3 is 21.8 Å². The number of fused-ring (bicyclic) bond motifs is 1. The Morgan fingerprint density at radius 1 is 1.14 bits per heavy atom. The van der Waals surface area contributed by atoms with Crippen LogP contribution >= 0.6 is 0 Å². The fraction of sp³-hybridized carbons (Fsp3) is 0.143. The molecule has 2 aromatic heterocycles. The maximum Gasteiger partial charge on any atom is 0.233 e. The third-order valence-corrected chi connectivity index (χ3v) is 4.92. The van der Waals surface area contributed by atoms with Crippen molar-refractivity contribution >= 4 is 22.5 Å². The summed E-state index contributed by atoms with van der Waals surface area (Å²) in [6.07, 6.45) is 5.52. The summed E-state index contributed by atoms with van der Waals surface area (Å²) in [6, 6.07) is 13.5. The van der Waals surface area contributed by atoms with Gasteiger partial charge in [0.2, 0.25) is 5.91 Å². The molecule has 2 aromatic carbocycles. The van der Waals surface area contributed by atoms with Crippen molar-refractivity contribution < 1.29 is 4.79 Å². The quantitative estimate of drug-likeness (QED) is 0.356. The molecule has 142 valence electrons. The van der Waals surface area contributed by atoms with Crippen LogP contribution in [0.15, 0.2) is 61.1 Å². The van der Waals surface area contributed by atoms with Crippen LogP contribution in [0.5, 0.6) is 0 Å². The van der Waals surface area contributed by atoms with E-state index in [0.29, 0.717) is 12.2 Å². The predicted octanol–water partition coefficient (Wildman–Crippen LogP) is 2.70. The number of nitrogens with zero attached hydrogens (tertiary/aromatic N) is 1. The van der Waals surface area contributed by atoms with E-state index in [-0.39, 0.29) is 12.5 Å². The molecule has 0 bridgehead atoms. The van der Waals surface area contributed by atoms with E-state index in [4.69, 9.17) is 11.5 Å². The van der Waals surface area contributed by atoms with Crippen LogP contribution < -0.4 is 16.8 Å². The van der Waals surface area contributed by atoms with Gasteiger partial charge in [-0.15, -0.1) is 0 Å². The molecule has 28 heavy (non-hydrogen) atoms. The Bertz CT molecular complexity index is 1100. The number of rotatable bonds is 6. The first-order valence-electron chi connectivity index (χ1n) is 9.10. The Hall–Kier alpha value is -3.42. The number of H-pyrrole nitrogens is 2. The minimum atomic E-state index is -0.454. The standard InChI is InChI=1S/C21H22N6O/c22-8-13-3-1-4-14(7-13)17(9-23)21(28)27-19-6-2-5-16-18(12-24-20(16)19)15-10-25-26-11-15/h1-7,10-12,17,24H,8-9,22-23H2,(H,25,26)(H,27,28). The van der Waals surface area contributed by atoms with Gasteiger partial charge in [0.05, 0.1) is 23.3 Å². The van der Waals surface area contributed by atoms with E-state index in [0.717, 1.165) is 33.2 Å². The van der Waals surface area contributed by atoms with Gasteiger partial charge in [0.25, 0.3) is 0 Å². The lowest BCUT2D eigenvalue weighted by molar-refractivity contribution is -0.117. The van der Waals surface area contributed by atoms with E-state index in [1.807, 2.05) is 54.9 Å². The molecule has 1 unspecified atom stereocenters. The van der Waals surface area contributed by atoms with Gasteiger partial charge in [-0.1, -0.05) is 36.4 Å². The first-order chi connectivity index (χ1) is 13.7. The van der Waals surface area contributed by atoms with E-state index in [9.17, 15) is 4.79 Å². The number of para-hydroxylation sites is 1. The largest absolute Gasteiger partial charge is 0.359 e. The lowest BCUT2D eigenvalue weighted by Gasteiger charge is -2.16. The molecule has 0 saturated heterocycles. The van der Waals surface area contributed by atoms with Crippen molar-refractivity contribution in [3.63, 3.8) is 0 Å². The van der Waals surface area contributed by atoms with Crippen molar-refractivity contribution in [2.75, 3.05) is 11.9 Å². The smallest absolute Gasteiger partial charge is 0.233 e. The molecule has 7 N–H and O–H groups in total. The zero-order valence-corrected chi connectivity index (χ0v) is 15.3. The van der Waals surface area contributed by atoms with Crippen LogP contribution in [0.1, 0.15) is 17.0 Å². The van der Waals surface area contributed by atoms with Crippen molar-refractivity contribution in [3.05, 3.63) is 72.2 Å². The van der Waals surface area contributed by atoms with Crippen LogP contribution in [0.25, 0.3) is 22.0 Å². The van der Waals surface area contributed by atoms with Crippen molar-refractivity contribution in [1.82, 2.24) is 15.2 Å². The molecule has 2 heterocycles. The average molecular weight is 374 g/mol. The number of amides is 1. The Balaban J connectivity index is 1.64. The zero-order chi connectivity index (χ0) is 19.5. The molecular weight excluding hydrogens is 352 g/mol. The normalized spacial score (nSPS) is 12.2. The highest BCUT2D eigenvalue weighted by atomic mass is 16.1. The molecule has 1 amide bonds. The maximum absolute atomic E-state index is 13.0. The summed E-state index contributed by atoms with van der Waals surface area (Å²) in [6.45, 7) is 0.631. The minimum absolute atomic E-state index is 0.149. The average Bonchev–Trinajstić information content (AvgIpc) is 3.38. The highest BCUT2D eigenvalue weighted by Crippen LogP contribution is 2.32. The van der Waals surface area contributed by atoms with Crippen LogP contribution in [0.4, 0.5) is 5.69 Å². The van der Waals surface area contributed by atoms with E-state index in [1.165, 1.54) is 0 Å². The van der Waals surface area contributed by atoms with Crippen LogP contribution in [-0.4, -0.2) is 27.6 Å². The van der Waals surface area contributed by atoms with Crippen molar-refractivity contribution in [1.29, 1.82) is 0 Å². The zero-order valence-electron chi connectivity index (χ0n) is 15.3. The van der Waals surface area contributed by atoms with Crippen molar-refractivity contribution in [2.24, 2.45) is 11.5 Å². The van der Waals surface area contributed by atoms with Crippen LogP contribution in [0.3, 0.4) is 0 Å². The Morgan fingerprint density at radius 2 is 2.00 bits per heavy atom. The van der Waals surface area contributed by atoms with E-state index >= 15 is 0 Å². The second-order valence-electron chi connectivity index (χ2n) is 6.64. The predicted molar refractivity (Wildman–Crippen MR) is 111 cm³/mol. The number of carbonyl (C=O) groups is 1. The maximum atomic E-state index is 13.0. The highest BCUT2D eigenvalue weighted by Gasteiger charge is 2.21. The highest BCUT2D eigenvalue weighted by molar-refractivity contribution is 6.07. The van der Waals surface area contributed by atoms with Gasteiger partial charge in [-0.05, 0) is 17.2 Å². The van der Waals surface area contributed by atoms with Gasteiger partial charge in [0.15, 0.2) is 0 Å². The molecule has 7 nitrogen and oxygen atoms in total. The SMILES string of the molecule is NCc1cccc(C(CN)C(=O)Nc2cccc3c(-c4cn[nH]c4)c[nH]c23)c1. The fourth-order valence-electron chi connectivity index (χ4n) is 3.45. The number of aromatic amines is 2. The topological polar surface area (TPSA) is 126 Å². The Morgan fingerprint density at radius 3 is 2.75 bits per heavy atom. The Kier molecular flexibility index (Phi) is 4.92. The first-order valence-corrected chi connectivity index (χ1v) is 9.10. The number of nitrogens with two attached hydrogens (primary N) is 2. The number of carbonyl (C=O) groups excluding carboxylic acids is 1. The summed E-state index contributed by atoms with van der Waals surface area (Å²) in [7, 11) is 0. The minimum Gasteiger partial charge on any atom is -0.359 e. The molecule has 7 heteroatoms. The van der Waals surface area contributed by atoms with Crippen molar-refractivity contribution in [2.45, 2.75) is 12.5 Å². The number of aromatic nitrogens is 3. The first kappa shape index (κ1) is 18.0. The van der Waals surface area contributed by atoms with Gasteiger partial charge in [-0.25, -0.2) is 0 Å². The summed E-state index contributed by atoms with van der Waals surface area (Å²) in [4.78, 5) is 16.2. The number of hydrogen-bond donors (Lipinski definition) is 5. The van der Waals surface area contributed by atoms with Gasteiger partial charge in [0.1, 0.15) is 0 Å². The summed E-state index contributed by atoms with van der Waals surface area (Å²) >= 11 is 0. The molecule has 0 aliphatic rings. The molecule has 0 spiro atoms. The summed E-state index contributed by atoms with van der Waals surface area (Å²) < 4.78 is 0. The number of anilines is 1. The lowest BCUT2D eigenvalue weighted by atomic mass is 9.96. The number of nitrogens with one attached hydrogen (secondary N) is 3. The molecule has 0 fully saturated rings. The van der Waals surface area contributed by atoms with Crippen molar-refractivity contribution in [3.8, 4) is 11.1 Å². The molecule has 0 saturated carbocycles. The van der Waals surface area contributed by atoms with E-state index in [1.54, 1.807) is 6.20 Å². The van der Waals surface area contributed by atoms with E-state index < -0.39 is 5.92 Å². The Labute approximate surface area is 162 Å². The molecule has 0 aliphatic heterocycles. The second kappa shape index (κ2) is 7.67. The number of hydrogen-bond acceptors (Lipinski definition) is 4. The molecule has 0 radical (unpaired) electrons. The fourth-order valence-corrected chi connectivity index (χ4v) is 3.45. The lowest BCUT2D eigenvalue weighted by Crippen LogP contribution is -2.27. The third-order valence-electron chi connectivity index (χ3n) is 4.92. The molecule has 4 rings (SSSR count). The van der Waals surface area contributed by atoms with Gasteiger partial charge >= 0.3 is 0 Å². The van der Waals surface area contributed by atoms with Gasteiger partial charge in [0, 0.05) is 42.0 Å². The molecular formula is C21H22N6O. The van der Waals surface area contributed by atoms with E-state index in [2.05, 4.69) is 20.5 Å². The molecule has 1 atom stereocenters. The summed E-state index contributed by atoms with van der Waals surface area (Å²) in [5, 5.41) is 10.9. The molecule has 0 aliphatic carbocycles. The van der Waals surface area contributed by atoms with Crippen LogP contribution in [0, 0.1) is 0 Å². The van der Waals surface area contributed by atoms with Gasteiger partial charge in [-0.3, -0.25) is 9.89 Å². The monoisotopic (exact) mass is 374 g/mol. The summed E-state index contributed by atoms with van der Waals surface area (Å²) in [5.41, 5.74) is 17.0. The number of benzene rings is 2. The summed E-state index contributed by atoms with van der Waals surface area (Å²) in [5.74, 6) is -0.603.